The van der Waals surface area contributed by atoms with E-state index in [1.165, 1.54) is 18.7 Å². The van der Waals surface area contributed by atoms with Gasteiger partial charge in [-0.1, -0.05) is 12.1 Å². The van der Waals surface area contributed by atoms with Gasteiger partial charge in [0, 0.05) is 18.9 Å². The van der Waals surface area contributed by atoms with Crippen molar-refractivity contribution in [2.24, 2.45) is 5.92 Å². The van der Waals surface area contributed by atoms with E-state index in [1.54, 1.807) is 12.1 Å². The lowest BCUT2D eigenvalue weighted by Crippen LogP contribution is -2.34. The number of ether oxygens (including phenoxy) is 1. The summed E-state index contributed by atoms with van der Waals surface area (Å²) >= 11 is 0. The first-order valence-corrected chi connectivity index (χ1v) is 7.58. The minimum Gasteiger partial charge on any atom is -0.494 e. The van der Waals surface area contributed by atoms with Crippen LogP contribution in [0, 0.1) is 5.92 Å². The monoisotopic (exact) mass is 329 g/mol. The first-order valence-electron chi connectivity index (χ1n) is 7.58. The van der Waals surface area contributed by atoms with Gasteiger partial charge in [0.2, 0.25) is 0 Å². The van der Waals surface area contributed by atoms with Crippen LogP contribution < -0.4 is 10.1 Å². The zero-order chi connectivity index (χ0) is 17.4. The highest BCUT2D eigenvalue weighted by Gasteiger charge is 2.19. The highest BCUT2D eigenvalue weighted by Crippen LogP contribution is 2.15. The number of carboxylic acid groups (broad SMARTS) is 1. The minimum absolute atomic E-state index is 0.0241. The number of benzene rings is 1. The van der Waals surface area contributed by atoms with E-state index in [0.717, 1.165) is 11.3 Å². The largest absolute Gasteiger partial charge is 0.494 e. The van der Waals surface area contributed by atoms with Crippen molar-refractivity contribution in [3.63, 3.8) is 0 Å². The summed E-state index contributed by atoms with van der Waals surface area (Å²) in [6.45, 7) is 2.50. The van der Waals surface area contributed by atoms with Crippen molar-refractivity contribution in [1.29, 1.82) is 0 Å². The molecule has 2 aromatic rings. The van der Waals surface area contributed by atoms with Crippen LogP contribution in [-0.2, 0) is 11.2 Å². The predicted molar refractivity (Wildman–Crippen MR) is 86.8 cm³/mol. The van der Waals surface area contributed by atoms with Gasteiger partial charge in [0.25, 0.3) is 5.91 Å². The molecule has 2 N–H and O–H groups in total. The zero-order valence-electron chi connectivity index (χ0n) is 13.3. The molecule has 0 bridgehead atoms. The Hall–Kier alpha value is -2.96. The lowest BCUT2D eigenvalue weighted by Gasteiger charge is -2.14. The molecule has 1 aromatic carbocycles. The van der Waals surface area contributed by atoms with Crippen molar-refractivity contribution in [2.75, 3.05) is 13.2 Å². The summed E-state index contributed by atoms with van der Waals surface area (Å²) in [4.78, 5) is 30.9. The van der Waals surface area contributed by atoms with Crippen LogP contribution in [0.3, 0.4) is 0 Å². The Morgan fingerprint density at radius 1 is 1.21 bits per heavy atom. The van der Waals surface area contributed by atoms with Crippen LogP contribution in [0.5, 0.6) is 5.75 Å². The molecule has 0 fully saturated rings. The summed E-state index contributed by atoms with van der Waals surface area (Å²) in [6, 6.07) is 7.26. The third kappa shape index (κ3) is 5.05. The van der Waals surface area contributed by atoms with E-state index < -0.39 is 17.8 Å². The number of aliphatic carboxylic acids is 1. The van der Waals surface area contributed by atoms with E-state index in [0.29, 0.717) is 18.6 Å². The van der Waals surface area contributed by atoms with E-state index in [4.69, 9.17) is 4.74 Å². The van der Waals surface area contributed by atoms with Gasteiger partial charge in [-0.15, -0.1) is 0 Å². The van der Waals surface area contributed by atoms with Crippen molar-refractivity contribution in [3.8, 4) is 5.75 Å². The molecule has 1 aromatic heterocycles. The van der Waals surface area contributed by atoms with Crippen LogP contribution in [0.4, 0.5) is 0 Å². The lowest BCUT2D eigenvalue weighted by molar-refractivity contribution is -0.141. The third-order valence-electron chi connectivity index (χ3n) is 3.40. The smallest absolute Gasteiger partial charge is 0.308 e. The Kier molecular flexibility index (Phi) is 6.24. The zero-order valence-corrected chi connectivity index (χ0v) is 13.3. The molecular formula is C17H19N3O4. The van der Waals surface area contributed by atoms with Crippen LogP contribution in [0.1, 0.15) is 22.8 Å². The molecule has 0 aliphatic carbocycles. The fraction of sp³-hybridized carbons (Fsp3) is 0.294. The van der Waals surface area contributed by atoms with E-state index >= 15 is 0 Å². The first kappa shape index (κ1) is 17.4. The van der Waals surface area contributed by atoms with E-state index in [1.807, 2.05) is 19.1 Å². The molecule has 2 rings (SSSR count). The van der Waals surface area contributed by atoms with Crippen LogP contribution in [0.25, 0.3) is 0 Å². The maximum absolute atomic E-state index is 11.9. The van der Waals surface area contributed by atoms with Crippen LogP contribution in [0.2, 0.25) is 0 Å². The molecular weight excluding hydrogens is 310 g/mol. The Bertz CT molecular complexity index is 674. The molecule has 0 saturated carbocycles. The second-order valence-corrected chi connectivity index (χ2v) is 5.15. The number of hydrogen-bond donors (Lipinski definition) is 2. The molecule has 0 saturated heterocycles. The molecule has 0 aliphatic rings. The van der Waals surface area contributed by atoms with Gasteiger partial charge < -0.3 is 15.2 Å². The van der Waals surface area contributed by atoms with Crippen molar-refractivity contribution in [2.45, 2.75) is 13.3 Å². The normalized spacial score (nSPS) is 11.5. The molecule has 1 unspecified atom stereocenters. The number of nitrogens with zero attached hydrogens (tertiary/aromatic N) is 2. The van der Waals surface area contributed by atoms with Gasteiger partial charge in [0.1, 0.15) is 12.1 Å². The molecule has 126 valence electrons. The topological polar surface area (TPSA) is 101 Å². The molecule has 24 heavy (non-hydrogen) atoms. The molecule has 0 aliphatic heterocycles. The van der Waals surface area contributed by atoms with Crippen molar-refractivity contribution in [3.05, 3.63) is 54.1 Å². The molecule has 7 heteroatoms. The quantitative estimate of drug-likeness (QED) is 0.762. The number of carboxylic acids is 1. The number of carbonyl (C=O) groups excluding carboxylic acids is 1. The number of rotatable bonds is 8. The highest BCUT2D eigenvalue weighted by molar-refractivity contribution is 5.93. The van der Waals surface area contributed by atoms with Gasteiger partial charge in [-0.2, -0.15) is 0 Å². The van der Waals surface area contributed by atoms with Gasteiger partial charge in [0.05, 0.1) is 18.1 Å². The Balaban J connectivity index is 1.94. The summed E-state index contributed by atoms with van der Waals surface area (Å²) in [5.74, 6) is -1.34. The SMILES string of the molecule is CCOc1ccc(CC(CNC(=O)c2cncnc2)C(=O)O)cc1. The molecule has 0 radical (unpaired) electrons. The maximum atomic E-state index is 11.9. The van der Waals surface area contributed by atoms with E-state index in [9.17, 15) is 14.7 Å². The summed E-state index contributed by atoms with van der Waals surface area (Å²) in [7, 11) is 0. The fourth-order valence-corrected chi connectivity index (χ4v) is 2.15. The Labute approximate surface area is 139 Å². The number of amides is 1. The number of carbonyl (C=O) groups is 2. The van der Waals surface area contributed by atoms with Gasteiger partial charge in [0.15, 0.2) is 0 Å². The lowest BCUT2D eigenvalue weighted by atomic mass is 9.99. The van der Waals surface area contributed by atoms with E-state index in [2.05, 4.69) is 15.3 Å². The van der Waals surface area contributed by atoms with E-state index in [-0.39, 0.29) is 6.54 Å². The fourth-order valence-electron chi connectivity index (χ4n) is 2.15. The second kappa shape index (κ2) is 8.61. The number of aromatic nitrogens is 2. The van der Waals surface area contributed by atoms with Crippen LogP contribution in [-0.4, -0.2) is 40.1 Å². The molecule has 0 spiro atoms. The summed E-state index contributed by atoms with van der Waals surface area (Å²) in [6.07, 6.45) is 4.39. The highest BCUT2D eigenvalue weighted by atomic mass is 16.5. The molecule has 1 atom stereocenters. The van der Waals surface area contributed by atoms with Crippen molar-refractivity contribution >= 4 is 11.9 Å². The standard InChI is InChI=1S/C17H19N3O4/c1-2-24-15-5-3-12(4-6-15)7-13(17(22)23)10-20-16(21)14-8-18-11-19-9-14/h3-6,8-9,11,13H,2,7,10H2,1H3,(H,20,21)(H,22,23). The maximum Gasteiger partial charge on any atom is 0.308 e. The summed E-state index contributed by atoms with van der Waals surface area (Å²) in [5.41, 5.74) is 1.16. The Morgan fingerprint density at radius 3 is 2.46 bits per heavy atom. The number of nitrogens with one attached hydrogen (secondary N) is 1. The second-order valence-electron chi connectivity index (χ2n) is 5.15. The Morgan fingerprint density at radius 2 is 1.88 bits per heavy atom. The average molecular weight is 329 g/mol. The van der Waals surface area contributed by atoms with Crippen LogP contribution >= 0.6 is 0 Å². The van der Waals surface area contributed by atoms with Crippen molar-refractivity contribution in [1.82, 2.24) is 15.3 Å². The molecule has 7 nitrogen and oxygen atoms in total. The van der Waals surface area contributed by atoms with Gasteiger partial charge in [-0.05, 0) is 31.0 Å². The average Bonchev–Trinajstić information content (AvgIpc) is 2.60. The summed E-state index contributed by atoms with van der Waals surface area (Å²) < 4.78 is 5.36. The van der Waals surface area contributed by atoms with Gasteiger partial charge in [-0.25, -0.2) is 9.97 Å². The molecule has 1 amide bonds. The van der Waals surface area contributed by atoms with Crippen molar-refractivity contribution < 1.29 is 19.4 Å². The van der Waals surface area contributed by atoms with Crippen LogP contribution in [0.15, 0.2) is 43.0 Å². The van der Waals surface area contributed by atoms with Gasteiger partial charge >= 0.3 is 5.97 Å². The first-order chi connectivity index (χ1) is 11.6. The summed E-state index contributed by atoms with van der Waals surface area (Å²) in [5, 5.41) is 12.0. The van der Waals surface area contributed by atoms with Gasteiger partial charge in [-0.3, -0.25) is 9.59 Å². The third-order valence-corrected chi connectivity index (χ3v) is 3.40. The molecule has 1 heterocycles. The minimum atomic E-state index is -0.964. The predicted octanol–water partition coefficient (Wildman–Crippen LogP) is 1.55. The number of hydrogen-bond acceptors (Lipinski definition) is 5.